The van der Waals surface area contributed by atoms with E-state index in [4.69, 9.17) is 9.47 Å². The first-order valence-electron chi connectivity index (χ1n) is 11.2. The summed E-state index contributed by atoms with van der Waals surface area (Å²) in [5, 5.41) is 17.3. The van der Waals surface area contributed by atoms with Crippen molar-refractivity contribution in [2.75, 3.05) is 45.9 Å². The van der Waals surface area contributed by atoms with E-state index < -0.39 is 5.60 Å². The highest BCUT2D eigenvalue weighted by Gasteiger charge is 2.25. The zero-order valence-corrected chi connectivity index (χ0v) is 18.4. The van der Waals surface area contributed by atoms with Gasteiger partial charge in [-0.3, -0.25) is 4.90 Å². The van der Waals surface area contributed by atoms with Gasteiger partial charge < -0.3 is 25.2 Å². The average molecular weight is 420 g/mol. The van der Waals surface area contributed by atoms with Crippen molar-refractivity contribution in [3.8, 4) is 5.88 Å². The highest BCUT2D eigenvalue weighted by atomic mass is 16.5. The van der Waals surface area contributed by atoms with Crippen LogP contribution in [-0.2, 0) is 11.3 Å². The summed E-state index contributed by atoms with van der Waals surface area (Å²) in [4.78, 5) is 11.2. The zero-order chi connectivity index (χ0) is 21.2. The third-order valence-electron chi connectivity index (χ3n) is 5.46. The zero-order valence-electron chi connectivity index (χ0n) is 18.4. The third-order valence-corrected chi connectivity index (χ3v) is 5.46. The SMILES string of the molecule is CCNC(=NCc1ccnc(OC2CCCC2)c1)NCC(C)(O)CN1CCOCC1. The van der Waals surface area contributed by atoms with E-state index in [1.807, 2.05) is 26.0 Å². The van der Waals surface area contributed by atoms with Gasteiger partial charge in [0.2, 0.25) is 5.88 Å². The standard InChI is InChI=1S/C22H37N5O3/c1-3-23-21(26-16-22(2,28)17-27-10-12-29-13-11-27)25-15-18-8-9-24-20(14-18)30-19-6-4-5-7-19/h8-9,14,19,28H,3-7,10-13,15-17H2,1-2H3,(H2,23,25,26). The summed E-state index contributed by atoms with van der Waals surface area (Å²) < 4.78 is 11.4. The molecule has 1 aliphatic heterocycles. The van der Waals surface area contributed by atoms with E-state index in [0.29, 0.717) is 37.6 Å². The Morgan fingerprint density at radius 2 is 2.10 bits per heavy atom. The largest absolute Gasteiger partial charge is 0.474 e. The van der Waals surface area contributed by atoms with Gasteiger partial charge in [0.1, 0.15) is 6.10 Å². The van der Waals surface area contributed by atoms with Gasteiger partial charge in [-0.05, 0) is 51.2 Å². The van der Waals surface area contributed by atoms with Crippen LogP contribution in [0.4, 0.5) is 0 Å². The molecular formula is C22H37N5O3. The number of aromatic nitrogens is 1. The van der Waals surface area contributed by atoms with Gasteiger partial charge in [0.15, 0.2) is 5.96 Å². The monoisotopic (exact) mass is 419 g/mol. The fraction of sp³-hybridized carbons (Fsp3) is 0.727. The molecule has 1 aromatic rings. The highest BCUT2D eigenvalue weighted by Crippen LogP contribution is 2.23. The number of hydrogen-bond acceptors (Lipinski definition) is 6. The number of β-amino-alcohol motifs (C(OH)–C–C–N with tert-alkyl or cyclic N) is 1. The van der Waals surface area contributed by atoms with E-state index in [0.717, 1.165) is 51.3 Å². The molecule has 1 saturated carbocycles. The Kier molecular flexibility index (Phi) is 8.72. The molecule has 1 aromatic heterocycles. The van der Waals surface area contributed by atoms with E-state index in [-0.39, 0.29) is 0 Å². The fourth-order valence-electron chi connectivity index (χ4n) is 3.87. The topological polar surface area (TPSA) is 91.2 Å². The summed E-state index contributed by atoms with van der Waals surface area (Å²) in [5.41, 5.74) is 0.197. The maximum absolute atomic E-state index is 10.8. The number of pyridine rings is 1. The molecule has 8 nitrogen and oxygen atoms in total. The van der Waals surface area contributed by atoms with Gasteiger partial charge in [0.25, 0.3) is 0 Å². The molecular weight excluding hydrogens is 382 g/mol. The van der Waals surface area contributed by atoms with Crippen LogP contribution in [0, 0.1) is 0 Å². The van der Waals surface area contributed by atoms with Crippen LogP contribution in [0.25, 0.3) is 0 Å². The van der Waals surface area contributed by atoms with E-state index in [9.17, 15) is 5.11 Å². The minimum Gasteiger partial charge on any atom is -0.474 e. The maximum atomic E-state index is 10.8. The van der Waals surface area contributed by atoms with Crippen molar-refractivity contribution >= 4 is 5.96 Å². The Morgan fingerprint density at radius 1 is 1.33 bits per heavy atom. The molecule has 168 valence electrons. The normalized spacial score (nSPS) is 20.7. The van der Waals surface area contributed by atoms with E-state index in [2.05, 4.69) is 25.5 Å². The molecule has 0 amide bonds. The second-order valence-corrected chi connectivity index (χ2v) is 8.46. The van der Waals surface area contributed by atoms with Crippen LogP contribution in [0.5, 0.6) is 5.88 Å². The molecule has 8 heteroatoms. The molecule has 2 aliphatic rings. The molecule has 0 bridgehead atoms. The Morgan fingerprint density at radius 3 is 2.83 bits per heavy atom. The van der Waals surface area contributed by atoms with Crippen molar-refractivity contribution in [1.82, 2.24) is 20.5 Å². The minimum absolute atomic E-state index is 0.295. The predicted molar refractivity (Wildman–Crippen MR) is 118 cm³/mol. The molecule has 3 N–H and O–H groups in total. The van der Waals surface area contributed by atoms with Crippen LogP contribution < -0.4 is 15.4 Å². The summed E-state index contributed by atoms with van der Waals surface area (Å²) in [6.45, 7) is 9.36. The number of aliphatic imine (C=N–C) groups is 1. The first kappa shape index (κ1) is 22.8. The summed E-state index contributed by atoms with van der Waals surface area (Å²) >= 11 is 0. The van der Waals surface area contributed by atoms with Crippen molar-refractivity contribution in [2.45, 2.75) is 57.8 Å². The molecule has 3 rings (SSSR count). The number of nitrogens with zero attached hydrogens (tertiary/aromatic N) is 3. The van der Waals surface area contributed by atoms with Crippen molar-refractivity contribution in [2.24, 2.45) is 4.99 Å². The van der Waals surface area contributed by atoms with Crippen molar-refractivity contribution in [3.63, 3.8) is 0 Å². The second kappa shape index (κ2) is 11.5. The van der Waals surface area contributed by atoms with Gasteiger partial charge in [-0.1, -0.05) is 0 Å². The lowest BCUT2D eigenvalue weighted by atomic mass is 10.1. The van der Waals surface area contributed by atoms with Gasteiger partial charge >= 0.3 is 0 Å². The third kappa shape index (κ3) is 7.74. The fourth-order valence-corrected chi connectivity index (χ4v) is 3.87. The molecule has 0 aromatic carbocycles. The molecule has 1 unspecified atom stereocenters. The van der Waals surface area contributed by atoms with Crippen LogP contribution >= 0.6 is 0 Å². The van der Waals surface area contributed by atoms with Gasteiger partial charge in [0, 0.05) is 45.0 Å². The van der Waals surface area contributed by atoms with E-state index in [1.54, 1.807) is 6.20 Å². The van der Waals surface area contributed by atoms with Crippen molar-refractivity contribution < 1.29 is 14.6 Å². The highest BCUT2D eigenvalue weighted by molar-refractivity contribution is 5.79. The van der Waals surface area contributed by atoms with Crippen LogP contribution in [-0.4, -0.2) is 78.6 Å². The Bertz CT molecular complexity index is 670. The summed E-state index contributed by atoms with van der Waals surface area (Å²) in [6.07, 6.45) is 6.78. The first-order valence-corrected chi connectivity index (χ1v) is 11.2. The van der Waals surface area contributed by atoms with E-state index >= 15 is 0 Å². The molecule has 0 radical (unpaired) electrons. The van der Waals surface area contributed by atoms with Crippen LogP contribution in [0.1, 0.15) is 45.1 Å². The number of rotatable bonds is 9. The number of aliphatic hydroxyl groups is 1. The lowest BCUT2D eigenvalue weighted by Gasteiger charge is -2.34. The van der Waals surface area contributed by atoms with Gasteiger partial charge in [-0.25, -0.2) is 9.98 Å². The smallest absolute Gasteiger partial charge is 0.213 e. The van der Waals surface area contributed by atoms with Gasteiger partial charge in [0.05, 0.1) is 25.4 Å². The van der Waals surface area contributed by atoms with Gasteiger partial charge in [-0.15, -0.1) is 0 Å². The van der Waals surface area contributed by atoms with E-state index in [1.165, 1.54) is 12.8 Å². The molecule has 2 fully saturated rings. The lowest BCUT2D eigenvalue weighted by Crippen LogP contribution is -2.52. The number of hydrogen-bond donors (Lipinski definition) is 3. The molecule has 30 heavy (non-hydrogen) atoms. The molecule has 2 heterocycles. The van der Waals surface area contributed by atoms with Gasteiger partial charge in [-0.2, -0.15) is 0 Å². The number of ether oxygens (including phenoxy) is 2. The van der Waals surface area contributed by atoms with Crippen molar-refractivity contribution in [1.29, 1.82) is 0 Å². The summed E-state index contributed by atoms with van der Waals surface area (Å²) in [7, 11) is 0. The predicted octanol–water partition coefficient (Wildman–Crippen LogP) is 1.54. The summed E-state index contributed by atoms with van der Waals surface area (Å²) in [6, 6.07) is 3.93. The maximum Gasteiger partial charge on any atom is 0.213 e. The number of guanidine groups is 1. The second-order valence-electron chi connectivity index (χ2n) is 8.46. The van der Waals surface area contributed by atoms with Crippen LogP contribution in [0.15, 0.2) is 23.3 Å². The average Bonchev–Trinajstić information content (AvgIpc) is 3.24. The lowest BCUT2D eigenvalue weighted by molar-refractivity contribution is -0.0201. The van der Waals surface area contributed by atoms with Crippen molar-refractivity contribution in [3.05, 3.63) is 23.9 Å². The van der Waals surface area contributed by atoms with Crippen LogP contribution in [0.2, 0.25) is 0 Å². The molecule has 0 spiro atoms. The Hall–Kier alpha value is -1.90. The molecule has 1 saturated heterocycles. The molecule has 1 aliphatic carbocycles. The minimum atomic E-state index is -0.855. The molecule has 1 atom stereocenters. The van der Waals surface area contributed by atoms with Crippen LogP contribution in [0.3, 0.4) is 0 Å². The summed E-state index contributed by atoms with van der Waals surface area (Å²) in [5.74, 6) is 1.37. The Labute approximate surface area is 180 Å². The first-order chi connectivity index (χ1) is 14.5. The number of morpholine rings is 1. The Balaban J connectivity index is 1.52. The quantitative estimate of drug-likeness (QED) is 0.413. The number of nitrogens with one attached hydrogen (secondary N) is 2.